The molecule has 3 heteroatoms. The Balaban J connectivity index is 1.94. The van der Waals surface area contributed by atoms with Crippen molar-refractivity contribution in [2.24, 2.45) is 4.99 Å². The molecular formula is C20H16N2O. The molecule has 112 valence electrons. The molecule has 0 atom stereocenters. The number of aliphatic imine (C=N–C) groups is 1. The topological polar surface area (TPSA) is 30.4 Å². The third-order valence-electron chi connectivity index (χ3n) is 3.34. The molecule has 0 N–H and O–H groups in total. The molecule has 2 heterocycles. The zero-order chi connectivity index (χ0) is 15.9. The molecule has 2 aromatic heterocycles. The van der Waals surface area contributed by atoms with E-state index in [0.717, 1.165) is 22.7 Å². The zero-order valence-electron chi connectivity index (χ0n) is 12.6. The van der Waals surface area contributed by atoms with E-state index in [0.29, 0.717) is 6.54 Å². The van der Waals surface area contributed by atoms with Crippen molar-refractivity contribution < 1.29 is 4.42 Å². The second kappa shape index (κ2) is 7.15. The lowest BCUT2D eigenvalue weighted by molar-refractivity contribution is 0.552. The molecule has 0 bridgehead atoms. The summed E-state index contributed by atoms with van der Waals surface area (Å²) in [7, 11) is 0. The van der Waals surface area contributed by atoms with Gasteiger partial charge in [0, 0.05) is 6.20 Å². The van der Waals surface area contributed by atoms with Gasteiger partial charge in [-0.3, -0.25) is 4.99 Å². The van der Waals surface area contributed by atoms with E-state index in [1.165, 1.54) is 0 Å². The van der Waals surface area contributed by atoms with Crippen molar-refractivity contribution in [1.29, 1.82) is 0 Å². The van der Waals surface area contributed by atoms with E-state index in [-0.39, 0.29) is 0 Å². The SMILES string of the molecule is C#CCn1cccc1C=N/C(=C\c1ccccc1)c1ccco1. The molecular weight excluding hydrogens is 284 g/mol. The minimum Gasteiger partial charge on any atom is -0.463 e. The summed E-state index contributed by atoms with van der Waals surface area (Å²) in [5.74, 6) is 3.36. The summed E-state index contributed by atoms with van der Waals surface area (Å²) in [5, 5.41) is 0. The number of rotatable bonds is 5. The number of benzene rings is 1. The van der Waals surface area contributed by atoms with Crippen LogP contribution in [0.2, 0.25) is 0 Å². The van der Waals surface area contributed by atoms with E-state index in [1.807, 2.05) is 71.4 Å². The monoisotopic (exact) mass is 300 g/mol. The fraction of sp³-hybridized carbons (Fsp3) is 0.0500. The van der Waals surface area contributed by atoms with Crippen molar-refractivity contribution in [2.75, 3.05) is 0 Å². The lowest BCUT2D eigenvalue weighted by Crippen LogP contribution is -1.99. The number of terminal acetylenes is 1. The summed E-state index contributed by atoms with van der Waals surface area (Å²) in [6.07, 6.45) is 12.8. The van der Waals surface area contributed by atoms with Gasteiger partial charge in [0.05, 0.1) is 24.7 Å². The molecule has 0 spiro atoms. The Labute approximate surface area is 135 Å². The van der Waals surface area contributed by atoms with Gasteiger partial charge in [0.15, 0.2) is 5.76 Å². The van der Waals surface area contributed by atoms with Gasteiger partial charge in [-0.15, -0.1) is 6.42 Å². The highest BCUT2D eigenvalue weighted by Gasteiger charge is 2.04. The predicted octanol–water partition coefficient (Wildman–Crippen LogP) is 4.33. The van der Waals surface area contributed by atoms with Crippen molar-refractivity contribution >= 4 is 18.0 Å². The van der Waals surface area contributed by atoms with Crippen LogP contribution in [0.4, 0.5) is 0 Å². The molecule has 0 radical (unpaired) electrons. The Kier molecular flexibility index (Phi) is 4.56. The van der Waals surface area contributed by atoms with Gasteiger partial charge in [-0.05, 0) is 35.9 Å². The molecule has 0 aliphatic heterocycles. The third kappa shape index (κ3) is 3.69. The second-order valence-corrected chi connectivity index (χ2v) is 4.94. The summed E-state index contributed by atoms with van der Waals surface area (Å²) in [4.78, 5) is 4.60. The summed E-state index contributed by atoms with van der Waals surface area (Å²) >= 11 is 0. The molecule has 3 nitrogen and oxygen atoms in total. The Hall–Kier alpha value is -3.25. The highest BCUT2D eigenvalue weighted by molar-refractivity contribution is 5.88. The highest BCUT2D eigenvalue weighted by Crippen LogP contribution is 2.20. The molecule has 0 saturated heterocycles. The van der Waals surface area contributed by atoms with Crippen LogP contribution < -0.4 is 0 Å². The quantitative estimate of drug-likeness (QED) is 0.509. The van der Waals surface area contributed by atoms with Crippen molar-refractivity contribution in [3.8, 4) is 12.3 Å². The summed E-state index contributed by atoms with van der Waals surface area (Å²) in [5.41, 5.74) is 2.78. The van der Waals surface area contributed by atoms with E-state index in [1.54, 1.807) is 12.5 Å². The smallest absolute Gasteiger partial charge is 0.152 e. The number of furan rings is 1. The van der Waals surface area contributed by atoms with E-state index < -0.39 is 0 Å². The summed E-state index contributed by atoms with van der Waals surface area (Å²) < 4.78 is 7.46. The van der Waals surface area contributed by atoms with Gasteiger partial charge in [-0.2, -0.15) is 0 Å². The molecule has 3 rings (SSSR count). The first-order valence-corrected chi connectivity index (χ1v) is 7.30. The first-order chi connectivity index (χ1) is 11.4. The predicted molar refractivity (Wildman–Crippen MR) is 93.9 cm³/mol. The maximum absolute atomic E-state index is 5.49. The lowest BCUT2D eigenvalue weighted by atomic mass is 10.2. The van der Waals surface area contributed by atoms with Crippen LogP contribution in [-0.4, -0.2) is 10.8 Å². The van der Waals surface area contributed by atoms with Crippen molar-refractivity contribution in [1.82, 2.24) is 4.57 Å². The van der Waals surface area contributed by atoms with Gasteiger partial charge < -0.3 is 8.98 Å². The zero-order valence-corrected chi connectivity index (χ0v) is 12.6. The third-order valence-corrected chi connectivity index (χ3v) is 3.34. The van der Waals surface area contributed by atoms with Crippen LogP contribution in [0.5, 0.6) is 0 Å². The average molecular weight is 300 g/mol. The Morgan fingerprint density at radius 1 is 1.13 bits per heavy atom. The largest absolute Gasteiger partial charge is 0.463 e. The highest BCUT2D eigenvalue weighted by atomic mass is 16.3. The first kappa shape index (κ1) is 14.7. The molecule has 0 unspecified atom stereocenters. The van der Waals surface area contributed by atoms with E-state index in [9.17, 15) is 0 Å². The van der Waals surface area contributed by atoms with Gasteiger partial charge >= 0.3 is 0 Å². The fourth-order valence-electron chi connectivity index (χ4n) is 2.23. The normalized spacial score (nSPS) is 11.7. The van der Waals surface area contributed by atoms with Crippen LogP contribution in [0.25, 0.3) is 11.8 Å². The number of aromatic nitrogens is 1. The molecule has 0 saturated carbocycles. The van der Waals surface area contributed by atoms with Gasteiger partial charge in [-0.1, -0.05) is 36.3 Å². The Morgan fingerprint density at radius 3 is 2.74 bits per heavy atom. The number of hydrogen-bond donors (Lipinski definition) is 0. The molecule has 3 aromatic rings. The number of nitrogens with zero attached hydrogens (tertiary/aromatic N) is 2. The van der Waals surface area contributed by atoms with Gasteiger partial charge in [-0.25, -0.2) is 0 Å². The van der Waals surface area contributed by atoms with Crippen molar-refractivity contribution in [3.63, 3.8) is 0 Å². The Morgan fingerprint density at radius 2 is 2.00 bits per heavy atom. The lowest BCUT2D eigenvalue weighted by Gasteiger charge is -2.02. The molecule has 23 heavy (non-hydrogen) atoms. The molecule has 0 fully saturated rings. The van der Waals surface area contributed by atoms with Gasteiger partial charge in [0.25, 0.3) is 0 Å². The van der Waals surface area contributed by atoms with Crippen molar-refractivity contribution in [3.05, 3.63) is 84.1 Å². The van der Waals surface area contributed by atoms with Crippen LogP contribution in [0.15, 0.2) is 76.5 Å². The van der Waals surface area contributed by atoms with Crippen LogP contribution in [0, 0.1) is 12.3 Å². The maximum atomic E-state index is 5.49. The standard InChI is InChI=1S/C20H16N2O/c1-2-12-22-13-6-10-18(22)16-21-19(20-11-7-14-23-20)15-17-8-4-3-5-9-17/h1,3-11,13-16H,12H2/b19-15-,21-16?. The van der Waals surface area contributed by atoms with E-state index in [2.05, 4.69) is 10.9 Å². The van der Waals surface area contributed by atoms with Crippen LogP contribution in [0.1, 0.15) is 17.0 Å². The van der Waals surface area contributed by atoms with Gasteiger partial charge in [0.2, 0.25) is 0 Å². The maximum Gasteiger partial charge on any atom is 0.152 e. The van der Waals surface area contributed by atoms with Crippen molar-refractivity contribution in [2.45, 2.75) is 6.54 Å². The molecule has 0 amide bonds. The van der Waals surface area contributed by atoms with Crippen LogP contribution in [-0.2, 0) is 6.54 Å². The molecule has 1 aromatic carbocycles. The Bertz CT molecular complexity index is 847. The fourth-order valence-corrected chi connectivity index (χ4v) is 2.23. The van der Waals surface area contributed by atoms with E-state index in [4.69, 9.17) is 10.8 Å². The molecule has 0 aliphatic carbocycles. The first-order valence-electron chi connectivity index (χ1n) is 7.30. The average Bonchev–Trinajstić information content (AvgIpc) is 3.25. The second-order valence-electron chi connectivity index (χ2n) is 4.94. The minimum absolute atomic E-state index is 0.521. The van der Waals surface area contributed by atoms with Crippen LogP contribution in [0.3, 0.4) is 0 Å². The van der Waals surface area contributed by atoms with Gasteiger partial charge in [0.1, 0.15) is 5.70 Å². The molecule has 0 aliphatic rings. The van der Waals surface area contributed by atoms with Crippen LogP contribution >= 0.6 is 0 Å². The summed E-state index contributed by atoms with van der Waals surface area (Å²) in [6, 6.07) is 17.7. The minimum atomic E-state index is 0.521. The van der Waals surface area contributed by atoms with E-state index >= 15 is 0 Å². The number of hydrogen-bond acceptors (Lipinski definition) is 2. The summed E-state index contributed by atoms with van der Waals surface area (Å²) in [6.45, 7) is 0.521.